The Hall–Kier alpha value is -0.100. The third-order valence-corrected chi connectivity index (χ3v) is 5.20. The maximum absolute atomic E-state index is 4.47. The molecule has 3 nitrogen and oxygen atoms in total. The molecule has 0 amide bonds. The lowest BCUT2D eigenvalue weighted by atomic mass is 9.87. The lowest BCUT2D eigenvalue weighted by Gasteiger charge is -2.33. The largest absolute Gasteiger partial charge is 0.315 e. The van der Waals surface area contributed by atoms with E-state index < -0.39 is 0 Å². The van der Waals surface area contributed by atoms with Crippen molar-refractivity contribution < 1.29 is 0 Å². The van der Waals surface area contributed by atoms with E-state index in [0.717, 1.165) is 17.2 Å². The second kappa shape index (κ2) is 9.03. The normalized spacial score (nSPS) is 13.1. The number of thiazole rings is 1. The van der Waals surface area contributed by atoms with E-state index in [1.165, 1.54) is 4.21 Å². The van der Waals surface area contributed by atoms with Crippen LogP contribution in [0.5, 0.6) is 0 Å². The summed E-state index contributed by atoms with van der Waals surface area (Å²) in [7, 11) is 4.19. The molecule has 1 heterocycles. The van der Waals surface area contributed by atoms with Crippen molar-refractivity contribution in [1.82, 2.24) is 14.6 Å². The topological polar surface area (TPSA) is 28.2 Å². The van der Waals surface area contributed by atoms with Crippen molar-refractivity contribution in [3.05, 3.63) is 10.7 Å². The first kappa shape index (κ1) is 19.9. The predicted octanol–water partition coefficient (Wildman–Crippen LogP) is 4.36. The first-order valence-corrected chi connectivity index (χ1v) is 8.83. The van der Waals surface area contributed by atoms with Gasteiger partial charge in [-0.25, -0.2) is 9.29 Å². The summed E-state index contributed by atoms with van der Waals surface area (Å²) in [5.74, 6) is 0. The van der Waals surface area contributed by atoms with Gasteiger partial charge in [0.15, 0.2) is 0 Å². The molecule has 1 unspecified atom stereocenters. The molecule has 0 aliphatic carbocycles. The number of likely N-dealkylation sites (N-methyl/N-ethyl adjacent to an activating group) is 2. The minimum atomic E-state index is 0.266. The molecular formula is C15H31N3S2. The van der Waals surface area contributed by atoms with E-state index >= 15 is 0 Å². The Morgan fingerprint density at radius 3 is 2.20 bits per heavy atom. The highest BCUT2D eigenvalue weighted by Gasteiger charge is 2.24. The summed E-state index contributed by atoms with van der Waals surface area (Å²) in [5, 5.41) is 4.55. The molecule has 0 aliphatic heterocycles. The van der Waals surface area contributed by atoms with Crippen molar-refractivity contribution in [3.63, 3.8) is 0 Å². The van der Waals surface area contributed by atoms with Crippen molar-refractivity contribution in [2.75, 3.05) is 20.6 Å². The highest BCUT2D eigenvalue weighted by Crippen LogP contribution is 2.31. The zero-order valence-corrected chi connectivity index (χ0v) is 16.1. The Balaban J connectivity index is 0.00000172. The zero-order chi connectivity index (χ0) is 15.9. The van der Waals surface area contributed by atoms with Gasteiger partial charge < -0.3 is 5.32 Å². The number of aryl methyl sites for hydroxylation is 2. The Bertz CT molecular complexity index is 383. The third-order valence-electron chi connectivity index (χ3n) is 2.93. The van der Waals surface area contributed by atoms with Gasteiger partial charge in [0.2, 0.25) is 0 Å². The lowest BCUT2D eigenvalue weighted by Crippen LogP contribution is -2.44. The van der Waals surface area contributed by atoms with Gasteiger partial charge in [-0.3, -0.25) is 0 Å². The van der Waals surface area contributed by atoms with E-state index in [-0.39, 0.29) is 5.41 Å². The van der Waals surface area contributed by atoms with Crippen LogP contribution in [0.3, 0.4) is 0 Å². The molecule has 118 valence electrons. The van der Waals surface area contributed by atoms with Crippen molar-refractivity contribution >= 4 is 23.3 Å². The Kier molecular flexibility index (Phi) is 8.98. The van der Waals surface area contributed by atoms with Gasteiger partial charge in [-0.15, -0.1) is 11.3 Å². The number of hydrogen-bond acceptors (Lipinski definition) is 5. The number of hydrogen-bond donors (Lipinski definition) is 1. The van der Waals surface area contributed by atoms with Crippen LogP contribution < -0.4 is 5.32 Å². The molecule has 1 aromatic rings. The van der Waals surface area contributed by atoms with Crippen molar-refractivity contribution in [1.29, 1.82) is 0 Å². The lowest BCUT2D eigenvalue weighted by molar-refractivity contribution is 0.252. The van der Waals surface area contributed by atoms with Crippen LogP contribution in [0.2, 0.25) is 0 Å². The summed E-state index contributed by atoms with van der Waals surface area (Å²) < 4.78 is 3.60. The zero-order valence-electron chi connectivity index (χ0n) is 14.5. The summed E-state index contributed by atoms with van der Waals surface area (Å²) >= 11 is 3.57. The molecule has 1 aromatic heterocycles. The van der Waals surface area contributed by atoms with Gasteiger partial charge in [0.05, 0.1) is 14.9 Å². The van der Waals surface area contributed by atoms with Crippen LogP contribution in [0.15, 0.2) is 4.21 Å². The van der Waals surface area contributed by atoms with Crippen LogP contribution in [0.1, 0.15) is 45.3 Å². The summed E-state index contributed by atoms with van der Waals surface area (Å²) in [4.78, 5) is 4.47. The van der Waals surface area contributed by atoms with Crippen LogP contribution >= 0.6 is 23.3 Å². The van der Waals surface area contributed by atoms with E-state index in [2.05, 4.69) is 56.3 Å². The molecule has 0 saturated heterocycles. The van der Waals surface area contributed by atoms with E-state index in [1.807, 2.05) is 20.9 Å². The van der Waals surface area contributed by atoms with Gasteiger partial charge in [0.1, 0.15) is 0 Å². The minimum absolute atomic E-state index is 0.266. The molecular weight excluding hydrogens is 286 g/mol. The predicted molar refractivity (Wildman–Crippen MR) is 93.7 cm³/mol. The van der Waals surface area contributed by atoms with Crippen molar-refractivity contribution in [2.45, 2.75) is 58.7 Å². The maximum atomic E-state index is 4.47. The average molecular weight is 318 g/mol. The van der Waals surface area contributed by atoms with Gasteiger partial charge in [-0.1, -0.05) is 34.6 Å². The van der Waals surface area contributed by atoms with E-state index in [9.17, 15) is 0 Å². The first-order valence-electron chi connectivity index (χ1n) is 7.24. The van der Waals surface area contributed by atoms with Gasteiger partial charge in [0, 0.05) is 12.6 Å². The van der Waals surface area contributed by atoms with Gasteiger partial charge in [-0.2, -0.15) is 0 Å². The summed E-state index contributed by atoms with van der Waals surface area (Å²) in [6, 6.07) is 0.476. The van der Waals surface area contributed by atoms with Crippen LogP contribution in [-0.2, 0) is 0 Å². The standard InChI is InChI=1S/C13H25N3S2.C2H6/c1-9-12(17-10(2)15-9)18-16(7)8-11(14-6)13(3,4)5;1-2/h11,14H,8H2,1-7H3;1-2H3. The van der Waals surface area contributed by atoms with Crippen LogP contribution in [0.4, 0.5) is 0 Å². The van der Waals surface area contributed by atoms with Gasteiger partial charge >= 0.3 is 0 Å². The molecule has 0 spiro atoms. The molecule has 20 heavy (non-hydrogen) atoms. The van der Waals surface area contributed by atoms with Gasteiger partial charge in [-0.05, 0) is 45.3 Å². The number of nitrogens with one attached hydrogen (secondary N) is 1. The maximum Gasteiger partial charge on any atom is 0.0983 e. The molecule has 0 aliphatic rings. The Morgan fingerprint density at radius 2 is 1.85 bits per heavy atom. The molecule has 0 radical (unpaired) electrons. The molecule has 0 aromatic carbocycles. The van der Waals surface area contributed by atoms with E-state index in [0.29, 0.717) is 6.04 Å². The second-order valence-corrected chi connectivity index (χ2v) is 8.39. The number of nitrogens with zero attached hydrogens (tertiary/aromatic N) is 2. The summed E-state index contributed by atoms with van der Waals surface area (Å²) in [5.41, 5.74) is 1.41. The molecule has 1 atom stereocenters. The molecule has 5 heteroatoms. The van der Waals surface area contributed by atoms with Crippen LogP contribution in [0.25, 0.3) is 0 Å². The Morgan fingerprint density at radius 1 is 1.30 bits per heavy atom. The number of aromatic nitrogens is 1. The first-order chi connectivity index (χ1) is 9.24. The molecule has 0 saturated carbocycles. The minimum Gasteiger partial charge on any atom is -0.315 e. The van der Waals surface area contributed by atoms with E-state index in [4.69, 9.17) is 0 Å². The molecule has 1 rings (SSSR count). The Labute approximate surface area is 133 Å². The fraction of sp³-hybridized carbons (Fsp3) is 0.800. The number of rotatable bonds is 5. The highest BCUT2D eigenvalue weighted by atomic mass is 32.2. The summed E-state index contributed by atoms with van der Waals surface area (Å²) in [6.07, 6.45) is 0. The average Bonchev–Trinajstić information content (AvgIpc) is 2.66. The highest BCUT2D eigenvalue weighted by molar-refractivity contribution is 7.99. The fourth-order valence-electron chi connectivity index (χ4n) is 1.83. The quantitative estimate of drug-likeness (QED) is 0.817. The smallest absolute Gasteiger partial charge is 0.0983 e. The van der Waals surface area contributed by atoms with Crippen molar-refractivity contribution in [3.8, 4) is 0 Å². The van der Waals surface area contributed by atoms with Crippen molar-refractivity contribution in [2.24, 2.45) is 5.41 Å². The third kappa shape index (κ3) is 6.57. The van der Waals surface area contributed by atoms with Crippen LogP contribution in [0, 0.1) is 19.3 Å². The van der Waals surface area contributed by atoms with Crippen LogP contribution in [-0.4, -0.2) is 36.0 Å². The molecule has 1 N–H and O–H groups in total. The monoisotopic (exact) mass is 317 g/mol. The molecule has 0 fully saturated rings. The van der Waals surface area contributed by atoms with E-state index in [1.54, 1.807) is 23.3 Å². The molecule has 0 bridgehead atoms. The SMILES string of the molecule is CC.CNC(CN(C)Sc1sc(C)nc1C)C(C)(C)C. The fourth-order valence-corrected chi connectivity index (χ4v) is 4.05. The van der Waals surface area contributed by atoms with Gasteiger partial charge in [0.25, 0.3) is 0 Å². The summed E-state index contributed by atoms with van der Waals surface area (Å²) in [6.45, 7) is 16.0. The second-order valence-electron chi connectivity index (χ2n) is 5.71.